The van der Waals surface area contributed by atoms with E-state index in [1.165, 1.54) is 6.92 Å². The normalized spacial score (nSPS) is 16.3. The molecule has 0 unspecified atom stereocenters. The quantitative estimate of drug-likeness (QED) is 0.731. The standard InChI is InChI=1S/C9H10ClNO3/c1-5(12)11-7-4-2-3-6(10)8(7)9(13)14/h3H,2,4H2,1H3,(H,11,12)(H,13,14). The minimum Gasteiger partial charge on any atom is -0.478 e. The van der Waals surface area contributed by atoms with E-state index in [1.807, 2.05) is 0 Å². The van der Waals surface area contributed by atoms with Crippen molar-refractivity contribution in [2.75, 3.05) is 0 Å². The number of carbonyl (C=O) groups is 2. The van der Waals surface area contributed by atoms with Gasteiger partial charge in [0.1, 0.15) is 0 Å². The minimum absolute atomic E-state index is 0.00637. The van der Waals surface area contributed by atoms with Crippen LogP contribution < -0.4 is 5.32 Å². The molecule has 1 rings (SSSR count). The molecule has 0 aromatic carbocycles. The maximum Gasteiger partial charge on any atom is 0.338 e. The third-order valence-corrected chi connectivity index (χ3v) is 2.14. The summed E-state index contributed by atoms with van der Waals surface area (Å²) in [6.07, 6.45) is 2.78. The molecular formula is C9H10ClNO3. The lowest BCUT2D eigenvalue weighted by atomic mass is 10.0. The molecule has 0 aliphatic heterocycles. The molecule has 5 heteroatoms. The fourth-order valence-electron chi connectivity index (χ4n) is 1.28. The third-order valence-electron chi connectivity index (χ3n) is 1.80. The molecule has 1 aliphatic rings. The highest BCUT2D eigenvalue weighted by atomic mass is 35.5. The van der Waals surface area contributed by atoms with Crippen LogP contribution in [0, 0.1) is 0 Å². The largest absolute Gasteiger partial charge is 0.478 e. The van der Waals surface area contributed by atoms with Crippen molar-refractivity contribution in [2.45, 2.75) is 19.8 Å². The molecule has 4 nitrogen and oxygen atoms in total. The highest BCUT2D eigenvalue weighted by Gasteiger charge is 2.21. The van der Waals surface area contributed by atoms with Gasteiger partial charge in [0.05, 0.1) is 10.6 Å². The van der Waals surface area contributed by atoms with Crippen molar-refractivity contribution < 1.29 is 14.7 Å². The summed E-state index contributed by atoms with van der Waals surface area (Å²) in [4.78, 5) is 21.6. The number of aliphatic carboxylic acids is 1. The van der Waals surface area contributed by atoms with E-state index in [0.717, 1.165) is 0 Å². The van der Waals surface area contributed by atoms with Crippen LogP contribution in [0.2, 0.25) is 0 Å². The molecule has 0 spiro atoms. The first-order chi connectivity index (χ1) is 6.52. The molecule has 1 amide bonds. The van der Waals surface area contributed by atoms with E-state index < -0.39 is 5.97 Å². The number of rotatable bonds is 2. The second kappa shape index (κ2) is 4.28. The van der Waals surface area contributed by atoms with Crippen LogP contribution in [0.3, 0.4) is 0 Å². The van der Waals surface area contributed by atoms with Crippen molar-refractivity contribution in [3.63, 3.8) is 0 Å². The number of amides is 1. The molecule has 0 saturated carbocycles. The SMILES string of the molecule is CC(=O)NC1=C(C(=O)O)C(Cl)=CCC1. The van der Waals surface area contributed by atoms with Crippen molar-refractivity contribution >= 4 is 23.5 Å². The van der Waals surface area contributed by atoms with Gasteiger partial charge < -0.3 is 10.4 Å². The van der Waals surface area contributed by atoms with Gasteiger partial charge in [0.2, 0.25) is 5.91 Å². The number of hydrogen-bond acceptors (Lipinski definition) is 2. The molecular weight excluding hydrogens is 206 g/mol. The number of halogens is 1. The molecule has 1 aliphatic carbocycles. The van der Waals surface area contributed by atoms with Crippen molar-refractivity contribution in [2.24, 2.45) is 0 Å². The fraction of sp³-hybridized carbons (Fsp3) is 0.333. The van der Waals surface area contributed by atoms with Gasteiger partial charge >= 0.3 is 5.97 Å². The van der Waals surface area contributed by atoms with E-state index in [-0.39, 0.29) is 16.5 Å². The first kappa shape index (κ1) is 10.8. The van der Waals surface area contributed by atoms with Gasteiger partial charge in [0, 0.05) is 12.6 Å². The van der Waals surface area contributed by atoms with Gasteiger partial charge in [-0.2, -0.15) is 0 Å². The fourth-order valence-corrected chi connectivity index (χ4v) is 1.59. The number of carboxylic acids is 1. The Morgan fingerprint density at radius 2 is 2.21 bits per heavy atom. The van der Waals surface area contributed by atoms with Crippen LogP contribution in [0.15, 0.2) is 22.4 Å². The van der Waals surface area contributed by atoms with Crippen LogP contribution >= 0.6 is 11.6 Å². The van der Waals surface area contributed by atoms with E-state index in [1.54, 1.807) is 6.08 Å². The number of carbonyl (C=O) groups excluding carboxylic acids is 1. The monoisotopic (exact) mass is 215 g/mol. The lowest BCUT2D eigenvalue weighted by Crippen LogP contribution is -2.24. The van der Waals surface area contributed by atoms with E-state index >= 15 is 0 Å². The van der Waals surface area contributed by atoms with Gasteiger partial charge in [-0.05, 0) is 12.8 Å². The zero-order valence-corrected chi connectivity index (χ0v) is 8.39. The molecule has 0 fully saturated rings. The second-order valence-corrected chi connectivity index (χ2v) is 3.34. The van der Waals surface area contributed by atoms with Crippen LogP contribution in [0.1, 0.15) is 19.8 Å². The van der Waals surface area contributed by atoms with Crippen molar-refractivity contribution in [3.05, 3.63) is 22.4 Å². The zero-order chi connectivity index (χ0) is 10.7. The summed E-state index contributed by atoms with van der Waals surface area (Å²) in [6, 6.07) is 0. The zero-order valence-electron chi connectivity index (χ0n) is 7.63. The smallest absolute Gasteiger partial charge is 0.338 e. The average Bonchev–Trinajstić information content (AvgIpc) is 2.01. The summed E-state index contributed by atoms with van der Waals surface area (Å²) in [6.45, 7) is 1.33. The molecule has 0 saturated heterocycles. The molecule has 0 radical (unpaired) electrons. The second-order valence-electron chi connectivity index (χ2n) is 2.93. The molecule has 0 atom stereocenters. The van der Waals surface area contributed by atoms with Crippen molar-refractivity contribution in [1.82, 2.24) is 5.32 Å². The lowest BCUT2D eigenvalue weighted by molar-refractivity contribution is -0.132. The molecule has 0 aromatic rings. The van der Waals surface area contributed by atoms with E-state index in [2.05, 4.69) is 5.32 Å². The summed E-state index contributed by atoms with van der Waals surface area (Å²) in [5.41, 5.74) is 0.380. The predicted octanol–water partition coefficient (Wildman–Crippen LogP) is 1.38. The molecule has 14 heavy (non-hydrogen) atoms. The molecule has 0 aromatic heterocycles. The molecule has 76 valence electrons. The Kier molecular flexibility index (Phi) is 3.30. The number of nitrogens with one attached hydrogen (secondary N) is 1. The Morgan fingerprint density at radius 3 is 2.71 bits per heavy atom. The Bertz CT molecular complexity index is 344. The van der Waals surface area contributed by atoms with Gasteiger partial charge in [0.15, 0.2) is 0 Å². The van der Waals surface area contributed by atoms with Crippen molar-refractivity contribution in [3.8, 4) is 0 Å². The Hall–Kier alpha value is -1.29. The first-order valence-electron chi connectivity index (χ1n) is 4.12. The summed E-state index contributed by atoms with van der Waals surface area (Å²) in [7, 11) is 0. The van der Waals surface area contributed by atoms with Crippen LogP contribution in [0.5, 0.6) is 0 Å². The van der Waals surface area contributed by atoms with Crippen LogP contribution in [-0.2, 0) is 9.59 Å². The summed E-state index contributed by atoms with van der Waals surface area (Å²) in [5.74, 6) is -1.40. The maximum absolute atomic E-state index is 10.8. The Balaban J connectivity index is 3.04. The van der Waals surface area contributed by atoms with E-state index in [4.69, 9.17) is 16.7 Å². The molecule has 0 heterocycles. The minimum atomic E-state index is -1.12. The maximum atomic E-state index is 10.8. The third kappa shape index (κ3) is 2.35. The van der Waals surface area contributed by atoms with Gasteiger partial charge in [-0.25, -0.2) is 4.79 Å². The van der Waals surface area contributed by atoms with Crippen LogP contribution in [0.25, 0.3) is 0 Å². The number of hydrogen-bond donors (Lipinski definition) is 2. The number of allylic oxidation sites excluding steroid dienone is 2. The summed E-state index contributed by atoms with van der Waals surface area (Å²) in [5, 5.41) is 11.5. The highest BCUT2D eigenvalue weighted by molar-refractivity contribution is 6.35. The van der Waals surface area contributed by atoms with E-state index in [0.29, 0.717) is 18.5 Å². The summed E-state index contributed by atoms with van der Waals surface area (Å²) < 4.78 is 0. The topological polar surface area (TPSA) is 66.4 Å². The lowest BCUT2D eigenvalue weighted by Gasteiger charge is -2.15. The molecule has 2 N–H and O–H groups in total. The summed E-state index contributed by atoms with van der Waals surface area (Å²) >= 11 is 5.73. The van der Waals surface area contributed by atoms with Crippen LogP contribution in [-0.4, -0.2) is 17.0 Å². The van der Waals surface area contributed by atoms with Gasteiger partial charge in [0.25, 0.3) is 0 Å². The van der Waals surface area contributed by atoms with Crippen molar-refractivity contribution in [1.29, 1.82) is 0 Å². The predicted molar refractivity (Wildman–Crippen MR) is 51.6 cm³/mol. The number of carboxylic acid groups (broad SMARTS) is 1. The van der Waals surface area contributed by atoms with E-state index in [9.17, 15) is 9.59 Å². The Morgan fingerprint density at radius 1 is 1.57 bits per heavy atom. The van der Waals surface area contributed by atoms with Crippen LogP contribution in [0.4, 0.5) is 0 Å². The first-order valence-corrected chi connectivity index (χ1v) is 4.50. The Labute approximate surface area is 86.2 Å². The molecule has 0 bridgehead atoms. The van der Waals surface area contributed by atoms with Gasteiger partial charge in [-0.3, -0.25) is 4.79 Å². The van der Waals surface area contributed by atoms with Gasteiger partial charge in [-0.15, -0.1) is 0 Å². The highest BCUT2D eigenvalue weighted by Crippen LogP contribution is 2.26. The van der Waals surface area contributed by atoms with Gasteiger partial charge in [-0.1, -0.05) is 17.7 Å². The average molecular weight is 216 g/mol.